The molecule has 0 aliphatic heterocycles. The number of nitrogens with one attached hydrogen (secondary N) is 2. The quantitative estimate of drug-likeness (QED) is 0.453. The summed E-state index contributed by atoms with van der Waals surface area (Å²) in [6.07, 6.45) is 0.737. The third-order valence-electron chi connectivity index (χ3n) is 5.50. The van der Waals surface area contributed by atoms with E-state index in [1.165, 1.54) is 32.5 Å². The molecule has 178 valence electrons. The van der Waals surface area contributed by atoms with Crippen molar-refractivity contribution in [2.75, 3.05) is 34.4 Å². The molecule has 0 unspecified atom stereocenters. The molecule has 3 rings (SSSR count). The Morgan fingerprint density at radius 3 is 1.76 bits per heavy atom. The van der Waals surface area contributed by atoms with Crippen LogP contribution in [0.2, 0.25) is 0 Å². The van der Waals surface area contributed by atoms with Gasteiger partial charge >= 0.3 is 0 Å². The van der Waals surface area contributed by atoms with Crippen molar-refractivity contribution in [2.24, 2.45) is 0 Å². The molecule has 7 nitrogen and oxygen atoms in total. The fourth-order valence-electron chi connectivity index (χ4n) is 3.79. The first-order chi connectivity index (χ1) is 16.6. The molecule has 2 amide bonds. The molecule has 2 N–H and O–H groups in total. The summed E-state index contributed by atoms with van der Waals surface area (Å²) in [6, 6.07) is 23.5. The number of methoxy groups -OCH3 is 3. The molecule has 0 fully saturated rings. The summed E-state index contributed by atoms with van der Waals surface area (Å²) in [4.78, 5) is 25.0. The molecule has 0 spiro atoms. The number of carbonyl (C=O) groups is 2. The minimum Gasteiger partial charge on any atom is -0.493 e. The summed E-state index contributed by atoms with van der Waals surface area (Å²) in [7, 11) is 4.44. The average Bonchev–Trinajstić information content (AvgIpc) is 2.89. The van der Waals surface area contributed by atoms with Gasteiger partial charge in [-0.3, -0.25) is 9.59 Å². The van der Waals surface area contributed by atoms with Gasteiger partial charge in [0.25, 0.3) is 5.91 Å². The summed E-state index contributed by atoms with van der Waals surface area (Å²) in [5, 5.41) is 5.54. The Morgan fingerprint density at radius 2 is 1.29 bits per heavy atom. The van der Waals surface area contributed by atoms with Crippen molar-refractivity contribution < 1.29 is 23.8 Å². The predicted octanol–water partition coefficient (Wildman–Crippen LogP) is 3.78. The van der Waals surface area contributed by atoms with Gasteiger partial charge in [0.1, 0.15) is 0 Å². The summed E-state index contributed by atoms with van der Waals surface area (Å²) in [5.74, 6) is 0.609. The van der Waals surface area contributed by atoms with Crippen LogP contribution in [0.15, 0.2) is 72.8 Å². The largest absolute Gasteiger partial charge is 0.493 e. The topological polar surface area (TPSA) is 85.9 Å². The lowest BCUT2D eigenvalue weighted by molar-refractivity contribution is -0.120. The highest BCUT2D eigenvalue weighted by atomic mass is 16.5. The highest BCUT2D eigenvalue weighted by Crippen LogP contribution is 2.38. The van der Waals surface area contributed by atoms with Crippen LogP contribution in [0.1, 0.15) is 33.8 Å². The van der Waals surface area contributed by atoms with Crippen LogP contribution in [0, 0.1) is 0 Å². The minimum atomic E-state index is -0.416. The fourth-order valence-corrected chi connectivity index (χ4v) is 3.79. The van der Waals surface area contributed by atoms with Gasteiger partial charge in [0.05, 0.1) is 27.9 Å². The summed E-state index contributed by atoms with van der Waals surface area (Å²) >= 11 is 0. The Labute approximate surface area is 200 Å². The van der Waals surface area contributed by atoms with Gasteiger partial charge in [-0.1, -0.05) is 60.7 Å². The summed E-state index contributed by atoms with van der Waals surface area (Å²) in [5.41, 5.74) is 2.69. The van der Waals surface area contributed by atoms with Crippen LogP contribution < -0.4 is 24.8 Å². The lowest BCUT2D eigenvalue weighted by Crippen LogP contribution is -2.37. The maximum atomic E-state index is 12.6. The van der Waals surface area contributed by atoms with Crippen molar-refractivity contribution in [1.29, 1.82) is 0 Å². The van der Waals surface area contributed by atoms with Crippen LogP contribution in [0.25, 0.3) is 0 Å². The number of rotatable bonds is 11. The molecule has 7 heteroatoms. The monoisotopic (exact) mass is 462 g/mol. The van der Waals surface area contributed by atoms with Crippen molar-refractivity contribution in [3.05, 3.63) is 89.5 Å². The third-order valence-corrected chi connectivity index (χ3v) is 5.50. The standard InChI is InChI=1S/C27H30N2O5/c1-32-23-16-21(17-24(33-2)26(23)34-3)27(31)29-18-25(30)28-15-14-22(19-10-6-4-7-11-19)20-12-8-5-9-13-20/h4-13,16-17,22H,14-15,18H2,1-3H3,(H,28,30)(H,29,31). The zero-order chi connectivity index (χ0) is 24.3. The van der Waals surface area contributed by atoms with Gasteiger partial charge in [0, 0.05) is 18.0 Å². The second kappa shape index (κ2) is 12.3. The van der Waals surface area contributed by atoms with Gasteiger partial charge in [-0.25, -0.2) is 0 Å². The van der Waals surface area contributed by atoms with Crippen molar-refractivity contribution in [1.82, 2.24) is 10.6 Å². The molecule has 0 aliphatic rings. The lowest BCUT2D eigenvalue weighted by Gasteiger charge is -2.18. The number of carbonyl (C=O) groups excluding carboxylic acids is 2. The van der Waals surface area contributed by atoms with Gasteiger partial charge in [0.2, 0.25) is 11.7 Å². The van der Waals surface area contributed by atoms with Gasteiger partial charge in [-0.2, -0.15) is 0 Å². The van der Waals surface area contributed by atoms with E-state index in [0.29, 0.717) is 29.4 Å². The predicted molar refractivity (Wildman–Crippen MR) is 131 cm³/mol. The number of benzene rings is 3. The Balaban J connectivity index is 1.56. The molecule has 0 radical (unpaired) electrons. The van der Waals surface area contributed by atoms with Crippen molar-refractivity contribution >= 4 is 11.8 Å². The van der Waals surface area contributed by atoms with E-state index < -0.39 is 5.91 Å². The smallest absolute Gasteiger partial charge is 0.251 e. The number of hydrogen-bond donors (Lipinski definition) is 2. The second-order valence-electron chi connectivity index (χ2n) is 7.61. The summed E-state index contributed by atoms with van der Waals surface area (Å²) < 4.78 is 15.8. The highest BCUT2D eigenvalue weighted by Gasteiger charge is 2.18. The van der Waals surface area contributed by atoms with Crippen molar-refractivity contribution in [3.63, 3.8) is 0 Å². The van der Waals surface area contributed by atoms with Gasteiger partial charge in [-0.05, 0) is 29.7 Å². The fraction of sp³-hybridized carbons (Fsp3) is 0.259. The van der Waals surface area contributed by atoms with E-state index in [-0.39, 0.29) is 18.4 Å². The lowest BCUT2D eigenvalue weighted by atomic mass is 9.88. The number of hydrogen-bond acceptors (Lipinski definition) is 5. The molecule has 0 bridgehead atoms. The Kier molecular flexibility index (Phi) is 8.91. The zero-order valence-electron chi connectivity index (χ0n) is 19.7. The van der Waals surface area contributed by atoms with Gasteiger partial charge in [0.15, 0.2) is 11.5 Å². The molecule has 0 saturated heterocycles. The first-order valence-electron chi connectivity index (χ1n) is 11.0. The van der Waals surface area contributed by atoms with E-state index in [2.05, 4.69) is 34.9 Å². The second-order valence-corrected chi connectivity index (χ2v) is 7.61. The number of ether oxygens (including phenoxy) is 3. The molecule has 0 heterocycles. The maximum Gasteiger partial charge on any atom is 0.251 e. The van der Waals surface area contributed by atoms with E-state index in [0.717, 1.165) is 6.42 Å². The van der Waals surface area contributed by atoms with Crippen LogP contribution in [0.5, 0.6) is 17.2 Å². The maximum absolute atomic E-state index is 12.6. The molecule has 3 aromatic carbocycles. The molecule has 0 aromatic heterocycles. The van der Waals surface area contributed by atoms with Crippen LogP contribution >= 0.6 is 0 Å². The van der Waals surface area contributed by atoms with Crippen LogP contribution in [0.4, 0.5) is 0 Å². The summed E-state index contributed by atoms with van der Waals surface area (Å²) in [6.45, 7) is 0.337. The van der Waals surface area contributed by atoms with E-state index in [9.17, 15) is 9.59 Å². The minimum absolute atomic E-state index is 0.142. The van der Waals surface area contributed by atoms with Crippen molar-refractivity contribution in [2.45, 2.75) is 12.3 Å². The molecule has 3 aromatic rings. The SMILES string of the molecule is COc1cc(C(=O)NCC(=O)NCCC(c2ccccc2)c2ccccc2)cc(OC)c1OC. The normalized spacial score (nSPS) is 10.5. The van der Waals surface area contributed by atoms with Gasteiger partial charge in [-0.15, -0.1) is 0 Å². The van der Waals surface area contributed by atoms with E-state index >= 15 is 0 Å². The third kappa shape index (κ3) is 6.28. The molecule has 0 saturated carbocycles. The van der Waals surface area contributed by atoms with Crippen LogP contribution in [0.3, 0.4) is 0 Å². The van der Waals surface area contributed by atoms with Crippen LogP contribution in [-0.2, 0) is 4.79 Å². The molecule has 0 atom stereocenters. The molecular weight excluding hydrogens is 432 g/mol. The average molecular weight is 463 g/mol. The van der Waals surface area contributed by atoms with E-state index in [1.807, 2.05) is 36.4 Å². The molecule has 0 aliphatic carbocycles. The van der Waals surface area contributed by atoms with Crippen molar-refractivity contribution in [3.8, 4) is 17.2 Å². The first-order valence-corrected chi connectivity index (χ1v) is 11.0. The number of amides is 2. The first kappa shape index (κ1) is 24.6. The van der Waals surface area contributed by atoms with E-state index in [1.54, 1.807) is 12.1 Å². The molecular formula is C27H30N2O5. The Morgan fingerprint density at radius 1 is 0.765 bits per heavy atom. The van der Waals surface area contributed by atoms with E-state index in [4.69, 9.17) is 14.2 Å². The van der Waals surface area contributed by atoms with Gasteiger partial charge < -0.3 is 24.8 Å². The zero-order valence-corrected chi connectivity index (χ0v) is 19.7. The highest BCUT2D eigenvalue weighted by molar-refractivity contribution is 5.97. The Hall–Kier alpha value is -4.00. The Bertz CT molecular complexity index is 1020. The van der Waals surface area contributed by atoms with Crippen LogP contribution in [-0.4, -0.2) is 46.2 Å². The molecule has 34 heavy (non-hydrogen) atoms.